The molecule has 2 unspecified atom stereocenters. The van der Waals surface area contributed by atoms with Crippen molar-refractivity contribution in [2.24, 2.45) is 10.9 Å². The molecule has 1 heterocycles. The van der Waals surface area contributed by atoms with Crippen LogP contribution in [0.1, 0.15) is 20.3 Å². The van der Waals surface area contributed by atoms with Crippen LogP contribution < -0.4 is 20.1 Å². The first kappa shape index (κ1) is 20.4. The van der Waals surface area contributed by atoms with Gasteiger partial charge in [0.15, 0.2) is 27.3 Å². The van der Waals surface area contributed by atoms with Gasteiger partial charge in [0.1, 0.15) is 6.10 Å². The average molecular weight is 384 g/mol. The maximum Gasteiger partial charge on any atom is 0.191 e. The molecule has 1 aliphatic heterocycles. The Bertz CT molecular complexity index is 706. The van der Waals surface area contributed by atoms with Crippen molar-refractivity contribution in [3.63, 3.8) is 0 Å². The highest BCUT2D eigenvalue weighted by atomic mass is 32.2. The molecule has 26 heavy (non-hydrogen) atoms. The Kier molecular flexibility index (Phi) is 7.56. The molecule has 1 aromatic rings. The number of para-hydroxylation sites is 2. The molecule has 2 rings (SSSR count). The fourth-order valence-corrected chi connectivity index (χ4v) is 4.67. The number of sulfone groups is 1. The predicted molar refractivity (Wildman–Crippen MR) is 104 cm³/mol. The monoisotopic (exact) mass is 383 g/mol. The number of guanidine groups is 1. The molecule has 0 saturated carbocycles. The lowest BCUT2D eigenvalue weighted by atomic mass is 10.1. The largest absolute Gasteiger partial charge is 0.493 e. The zero-order valence-corrected chi connectivity index (χ0v) is 16.5. The minimum atomic E-state index is -2.85. The van der Waals surface area contributed by atoms with E-state index in [1.165, 1.54) is 0 Å². The summed E-state index contributed by atoms with van der Waals surface area (Å²) in [5.74, 6) is 2.74. The number of ether oxygens (including phenoxy) is 2. The quantitative estimate of drug-likeness (QED) is 0.522. The van der Waals surface area contributed by atoms with Crippen molar-refractivity contribution >= 4 is 15.8 Å². The van der Waals surface area contributed by atoms with Crippen LogP contribution in [-0.4, -0.2) is 58.7 Å². The summed E-state index contributed by atoms with van der Waals surface area (Å²) in [4.78, 5) is 4.54. The number of nitrogens with zero attached hydrogens (tertiary/aromatic N) is 1. The van der Waals surface area contributed by atoms with E-state index in [2.05, 4.69) is 15.6 Å². The van der Waals surface area contributed by atoms with Gasteiger partial charge in [-0.2, -0.15) is 0 Å². The summed E-state index contributed by atoms with van der Waals surface area (Å²) in [6.45, 7) is 5.74. The van der Waals surface area contributed by atoms with Gasteiger partial charge in [-0.15, -0.1) is 0 Å². The topological polar surface area (TPSA) is 89.0 Å². The lowest BCUT2D eigenvalue weighted by molar-refractivity contribution is 0.219. The number of rotatable bonds is 8. The van der Waals surface area contributed by atoms with Crippen LogP contribution >= 0.6 is 0 Å². The number of hydrogen-bond acceptors (Lipinski definition) is 5. The number of nitrogens with one attached hydrogen (secondary N) is 2. The van der Waals surface area contributed by atoms with Crippen LogP contribution in [0.5, 0.6) is 11.5 Å². The highest BCUT2D eigenvalue weighted by molar-refractivity contribution is 7.91. The Morgan fingerprint density at radius 3 is 2.65 bits per heavy atom. The van der Waals surface area contributed by atoms with E-state index in [1.807, 2.05) is 38.1 Å². The molecule has 0 bridgehead atoms. The fourth-order valence-electron chi connectivity index (χ4n) is 2.81. The molecule has 2 atom stereocenters. The van der Waals surface area contributed by atoms with Crippen LogP contribution in [-0.2, 0) is 9.84 Å². The second-order valence-corrected chi connectivity index (χ2v) is 8.68. The van der Waals surface area contributed by atoms with E-state index < -0.39 is 9.84 Å². The van der Waals surface area contributed by atoms with Gasteiger partial charge in [-0.1, -0.05) is 12.1 Å². The van der Waals surface area contributed by atoms with E-state index in [0.717, 1.165) is 6.54 Å². The van der Waals surface area contributed by atoms with Crippen molar-refractivity contribution in [3.8, 4) is 11.5 Å². The SMILES string of the molecule is CCNC(=NCC(C)Oc1ccccc1OC)NCC1CCS(=O)(=O)C1. The van der Waals surface area contributed by atoms with E-state index >= 15 is 0 Å². The maximum atomic E-state index is 11.6. The Balaban J connectivity index is 1.87. The molecule has 1 saturated heterocycles. The Labute approximate surface area is 156 Å². The van der Waals surface area contributed by atoms with Gasteiger partial charge in [0.25, 0.3) is 0 Å². The number of hydrogen-bond donors (Lipinski definition) is 2. The second-order valence-electron chi connectivity index (χ2n) is 6.45. The van der Waals surface area contributed by atoms with E-state index in [1.54, 1.807) is 7.11 Å². The molecule has 1 aromatic carbocycles. The Morgan fingerprint density at radius 2 is 2.04 bits per heavy atom. The van der Waals surface area contributed by atoms with Gasteiger partial charge in [-0.05, 0) is 38.3 Å². The summed E-state index contributed by atoms with van der Waals surface area (Å²) in [7, 11) is -1.24. The summed E-state index contributed by atoms with van der Waals surface area (Å²) >= 11 is 0. The first-order valence-corrected chi connectivity index (χ1v) is 10.8. The summed E-state index contributed by atoms with van der Waals surface area (Å²) in [6.07, 6.45) is 0.579. The molecule has 1 fully saturated rings. The molecular formula is C18H29N3O4S. The second kappa shape index (κ2) is 9.66. The molecule has 2 N–H and O–H groups in total. The molecule has 0 spiro atoms. The third-order valence-electron chi connectivity index (χ3n) is 4.13. The van der Waals surface area contributed by atoms with E-state index in [-0.39, 0.29) is 23.5 Å². The summed E-state index contributed by atoms with van der Waals surface area (Å²) < 4.78 is 34.3. The van der Waals surface area contributed by atoms with E-state index in [4.69, 9.17) is 9.47 Å². The maximum absolute atomic E-state index is 11.6. The molecule has 0 radical (unpaired) electrons. The van der Waals surface area contributed by atoms with Crippen LogP contribution in [0.15, 0.2) is 29.3 Å². The lowest BCUT2D eigenvalue weighted by Crippen LogP contribution is -2.40. The van der Waals surface area contributed by atoms with Crippen molar-refractivity contribution in [3.05, 3.63) is 24.3 Å². The van der Waals surface area contributed by atoms with Gasteiger partial charge < -0.3 is 20.1 Å². The molecular weight excluding hydrogens is 354 g/mol. The molecule has 7 nitrogen and oxygen atoms in total. The van der Waals surface area contributed by atoms with Crippen molar-refractivity contribution in [2.45, 2.75) is 26.4 Å². The number of benzene rings is 1. The molecule has 0 aliphatic carbocycles. The molecule has 0 aromatic heterocycles. The van der Waals surface area contributed by atoms with Crippen LogP contribution in [0.4, 0.5) is 0 Å². The fraction of sp³-hybridized carbons (Fsp3) is 0.611. The molecule has 146 valence electrons. The number of aliphatic imine (C=N–C) groups is 1. The van der Waals surface area contributed by atoms with Gasteiger partial charge in [0.05, 0.1) is 25.2 Å². The third kappa shape index (κ3) is 6.40. The molecule has 1 aliphatic rings. The predicted octanol–water partition coefficient (Wildman–Crippen LogP) is 1.45. The lowest BCUT2D eigenvalue weighted by Gasteiger charge is -2.17. The van der Waals surface area contributed by atoms with Gasteiger partial charge in [-0.3, -0.25) is 0 Å². The number of methoxy groups -OCH3 is 1. The summed E-state index contributed by atoms with van der Waals surface area (Å²) in [6, 6.07) is 7.51. The van der Waals surface area contributed by atoms with Gasteiger partial charge in [0, 0.05) is 13.1 Å². The first-order chi connectivity index (χ1) is 12.4. The molecule has 0 amide bonds. The first-order valence-electron chi connectivity index (χ1n) is 8.95. The summed E-state index contributed by atoms with van der Waals surface area (Å²) in [5.41, 5.74) is 0. The van der Waals surface area contributed by atoms with Crippen molar-refractivity contribution in [1.82, 2.24) is 10.6 Å². The van der Waals surface area contributed by atoms with Gasteiger partial charge in [-0.25, -0.2) is 13.4 Å². The minimum Gasteiger partial charge on any atom is -0.493 e. The Morgan fingerprint density at radius 1 is 1.31 bits per heavy atom. The van der Waals surface area contributed by atoms with Crippen LogP contribution in [0.2, 0.25) is 0 Å². The van der Waals surface area contributed by atoms with Crippen molar-refractivity contribution in [2.75, 3.05) is 38.2 Å². The van der Waals surface area contributed by atoms with Crippen LogP contribution in [0, 0.1) is 5.92 Å². The standard InChI is InChI=1S/C18H29N3O4S/c1-4-19-18(21-12-15-9-10-26(22,23)13-15)20-11-14(2)25-17-8-6-5-7-16(17)24-3/h5-8,14-15H,4,9-13H2,1-3H3,(H2,19,20,21). The average Bonchev–Trinajstić information content (AvgIpc) is 2.97. The zero-order chi connectivity index (χ0) is 19.0. The minimum absolute atomic E-state index is 0.131. The zero-order valence-electron chi connectivity index (χ0n) is 15.7. The summed E-state index contributed by atoms with van der Waals surface area (Å²) in [5, 5.41) is 6.41. The third-order valence-corrected chi connectivity index (χ3v) is 5.97. The highest BCUT2D eigenvalue weighted by Gasteiger charge is 2.27. The van der Waals surface area contributed by atoms with Crippen LogP contribution in [0.3, 0.4) is 0 Å². The van der Waals surface area contributed by atoms with Crippen molar-refractivity contribution < 1.29 is 17.9 Å². The van der Waals surface area contributed by atoms with Gasteiger partial charge in [0.2, 0.25) is 0 Å². The normalized spacial score (nSPS) is 20.4. The van der Waals surface area contributed by atoms with Gasteiger partial charge >= 0.3 is 0 Å². The van der Waals surface area contributed by atoms with E-state index in [9.17, 15) is 8.42 Å². The van der Waals surface area contributed by atoms with Crippen LogP contribution in [0.25, 0.3) is 0 Å². The highest BCUT2D eigenvalue weighted by Crippen LogP contribution is 2.26. The smallest absolute Gasteiger partial charge is 0.191 e. The Hall–Kier alpha value is -1.96. The molecule has 8 heteroatoms. The van der Waals surface area contributed by atoms with Crippen molar-refractivity contribution in [1.29, 1.82) is 0 Å². The van der Waals surface area contributed by atoms with E-state index in [0.29, 0.717) is 37.0 Å².